The Kier molecular flexibility index (Phi) is 5.89. The first-order chi connectivity index (χ1) is 10.6. The highest BCUT2D eigenvalue weighted by atomic mass is 19.1. The van der Waals surface area contributed by atoms with Crippen molar-refractivity contribution >= 4 is 17.5 Å². The third kappa shape index (κ3) is 4.27. The minimum atomic E-state index is -0.461. The standard InChI is InChI=1S/C16H22FN3O2/c1-18-16(22)11-6-2-4-8-13(11)19-10-15(21)20-14-9-5-3-7-12(14)17/h3,5,7,9,11,13,19H,2,4,6,8,10H2,1H3,(H,18,22)(H,20,21)/t11-,13-/m0/s1. The third-order valence-corrected chi connectivity index (χ3v) is 4.02. The smallest absolute Gasteiger partial charge is 0.238 e. The third-order valence-electron chi connectivity index (χ3n) is 4.02. The number of benzene rings is 1. The highest BCUT2D eigenvalue weighted by molar-refractivity contribution is 5.92. The van der Waals surface area contributed by atoms with E-state index >= 15 is 0 Å². The first-order valence-corrected chi connectivity index (χ1v) is 7.61. The SMILES string of the molecule is CNC(=O)[C@H]1CCCC[C@@H]1NCC(=O)Nc1ccccc1F. The van der Waals surface area contributed by atoms with Crippen molar-refractivity contribution in [3.05, 3.63) is 30.1 Å². The Bertz CT molecular complexity index is 536. The molecule has 1 aliphatic carbocycles. The molecule has 6 heteroatoms. The molecule has 0 bridgehead atoms. The van der Waals surface area contributed by atoms with Gasteiger partial charge in [-0.15, -0.1) is 0 Å². The van der Waals surface area contributed by atoms with Gasteiger partial charge in [0.25, 0.3) is 0 Å². The van der Waals surface area contributed by atoms with Crippen molar-refractivity contribution in [1.82, 2.24) is 10.6 Å². The van der Waals surface area contributed by atoms with Crippen LogP contribution in [0.5, 0.6) is 0 Å². The summed E-state index contributed by atoms with van der Waals surface area (Å²) < 4.78 is 13.5. The molecule has 0 aliphatic heterocycles. The van der Waals surface area contributed by atoms with Crippen LogP contribution < -0.4 is 16.0 Å². The average molecular weight is 307 g/mol. The molecule has 1 aliphatic rings. The lowest BCUT2D eigenvalue weighted by Gasteiger charge is -2.30. The van der Waals surface area contributed by atoms with Crippen molar-refractivity contribution in [2.24, 2.45) is 5.92 Å². The van der Waals surface area contributed by atoms with E-state index in [1.165, 1.54) is 12.1 Å². The summed E-state index contributed by atoms with van der Waals surface area (Å²) in [6.07, 6.45) is 3.76. The van der Waals surface area contributed by atoms with Gasteiger partial charge in [0.1, 0.15) is 5.82 Å². The molecule has 0 unspecified atom stereocenters. The second kappa shape index (κ2) is 7.89. The Morgan fingerprint density at radius 2 is 1.95 bits per heavy atom. The monoisotopic (exact) mass is 307 g/mol. The number of nitrogens with one attached hydrogen (secondary N) is 3. The molecular weight excluding hydrogens is 285 g/mol. The van der Waals surface area contributed by atoms with Gasteiger partial charge >= 0.3 is 0 Å². The molecule has 0 spiro atoms. The Hall–Kier alpha value is -1.95. The molecule has 2 atom stereocenters. The van der Waals surface area contributed by atoms with Gasteiger partial charge < -0.3 is 16.0 Å². The van der Waals surface area contributed by atoms with Gasteiger partial charge in [-0.3, -0.25) is 9.59 Å². The van der Waals surface area contributed by atoms with E-state index in [4.69, 9.17) is 0 Å². The van der Waals surface area contributed by atoms with Crippen LogP contribution in [0.25, 0.3) is 0 Å². The zero-order valence-corrected chi connectivity index (χ0v) is 12.7. The van der Waals surface area contributed by atoms with E-state index in [1.807, 2.05) is 0 Å². The van der Waals surface area contributed by atoms with E-state index in [0.29, 0.717) is 0 Å². The lowest BCUT2D eigenvalue weighted by molar-refractivity contribution is -0.126. The molecule has 1 aromatic rings. The fraction of sp³-hybridized carbons (Fsp3) is 0.500. The number of amides is 2. The largest absolute Gasteiger partial charge is 0.359 e. The predicted molar refractivity (Wildman–Crippen MR) is 82.8 cm³/mol. The van der Waals surface area contributed by atoms with Gasteiger partial charge in [-0.2, -0.15) is 0 Å². The predicted octanol–water partition coefficient (Wildman–Crippen LogP) is 1.66. The van der Waals surface area contributed by atoms with Crippen molar-refractivity contribution in [3.8, 4) is 0 Å². The van der Waals surface area contributed by atoms with Crippen LogP contribution in [-0.2, 0) is 9.59 Å². The van der Waals surface area contributed by atoms with Gasteiger partial charge in [-0.1, -0.05) is 25.0 Å². The Morgan fingerprint density at radius 3 is 2.68 bits per heavy atom. The number of hydrogen-bond donors (Lipinski definition) is 3. The first kappa shape index (κ1) is 16.4. The van der Waals surface area contributed by atoms with Gasteiger partial charge in [0.2, 0.25) is 11.8 Å². The van der Waals surface area contributed by atoms with Crippen molar-refractivity contribution in [2.45, 2.75) is 31.7 Å². The summed E-state index contributed by atoms with van der Waals surface area (Å²) in [5.74, 6) is -0.880. The average Bonchev–Trinajstić information content (AvgIpc) is 2.54. The quantitative estimate of drug-likeness (QED) is 0.775. The highest BCUT2D eigenvalue weighted by Crippen LogP contribution is 2.24. The molecule has 2 rings (SSSR count). The van der Waals surface area contributed by atoms with Crippen molar-refractivity contribution in [1.29, 1.82) is 0 Å². The zero-order chi connectivity index (χ0) is 15.9. The van der Waals surface area contributed by atoms with E-state index in [9.17, 15) is 14.0 Å². The van der Waals surface area contributed by atoms with E-state index in [1.54, 1.807) is 19.2 Å². The minimum absolute atomic E-state index is 0.00621. The van der Waals surface area contributed by atoms with Gasteiger partial charge in [0.15, 0.2) is 0 Å². The van der Waals surface area contributed by atoms with Crippen LogP contribution in [0.1, 0.15) is 25.7 Å². The number of carbonyl (C=O) groups excluding carboxylic acids is 2. The molecule has 3 N–H and O–H groups in total. The number of halogens is 1. The van der Waals surface area contributed by atoms with Gasteiger partial charge in [-0.25, -0.2) is 4.39 Å². The fourth-order valence-corrected chi connectivity index (χ4v) is 2.86. The molecule has 0 heterocycles. The number of rotatable bonds is 5. The molecular formula is C16H22FN3O2. The maximum atomic E-state index is 13.5. The molecule has 22 heavy (non-hydrogen) atoms. The summed E-state index contributed by atoms with van der Waals surface area (Å²) >= 11 is 0. The molecule has 1 aromatic carbocycles. The maximum absolute atomic E-state index is 13.5. The first-order valence-electron chi connectivity index (χ1n) is 7.61. The van der Waals surface area contributed by atoms with Crippen LogP contribution in [-0.4, -0.2) is 31.4 Å². The van der Waals surface area contributed by atoms with Crippen molar-refractivity contribution in [3.63, 3.8) is 0 Å². The Balaban J connectivity index is 1.87. The lowest BCUT2D eigenvalue weighted by Crippen LogP contribution is -2.47. The molecule has 1 saturated carbocycles. The van der Waals surface area contributed by atoms with Crippen molar-refractivity contribution in [2.75, 3.05) is 18.9 Å². The summed E-state index contributed by atoms with van der Waals surface area (Å²) in [4.78, 5) is 23.8. The van der Waals surface area contributed by atoms with Gasteiger partial charge in [-0.05, 0) is 25.0 Å². The number of hydrogen-bond acceptors (Lipinski definition) is 3. The highest BCUT2D eigenvalue weighted by Gasteiger charge is 2.30. The molecule has 120 valence electrons. The number of para-hydroxylation sites is 1. The summed E-state index contributed by atoms with van der Waals surface area (Å²) in [6, 6.07) is 6.03. The van der Waals surface area contributed by atoms with E-state index in [-0.39, 0.29) is 36.0 Å². The van der Waals surface area contributed by atoms with Crippen LogP contribution in [0.4, 0.5) is 10.1 Å². The molecule has 1 fully saturated rings. The number of anilines is 1. The van der Waals surface area contributed by atoms with Gasteiger partial charge in [0, 0.05) is 13.1 Å². The maximum Gasteiger partial charge on any atom is 0.238 e. The lowest BCUT2D eigenvalue weighted by atomic mass is 9.84. The number of carbonyl (C=O) groups is 2. The fourth-order valence-electron chi connectivity index (χ4n) is 2.86. The molecule has 5 nitrogen and oxygen atoms in total. The molecule has 2 amide bonds. The summed E-state index contributed by atoms with van der Waals surface area (Å²) in [7, 11) is 1.62. The van der Waals surface area contributed by atoms with Gasteiger partial charge in [0.05, 0.1) is 18.2 Å². The van der Waals surface area contributed by atoms with Crippen LogP contribution in [0.15, 0.2) is 24.3 Å². The van der Waals surface area contributed by atoms with Crippen LogP contribution in [0.3, 0.4) is 0 Å². The summed E-state index contributed by atoms with van der Waals surface area (Å²) in [5, 5.41) is 8.33. The van der Waals surface area contributed by atoms with E-state index in [0.717, 1.165) is 25.7 Å². The second-order valence-electron chi connectivity index (χ2n) is 5.52. The van der Waals surface area contributed by atoms with E-state index < -0.39 is 5.82 Å². The van der Waals surface area contributed by atoms with Crippen LogP contribution >= 0.6 is 0 Å². The second-order valence-corrected chi connectivity index (χ2v) is 5.52. The molecule has 0 saturated heterocycles. The normalized spacial score (nSPS) is 21.2. The Morgan fingerprint density at radius 1 is 1.23 bits per heavy atom. The molecule has 0 aromatic heterocycles. The summed E-state index contributed by atoms with van der Waals surface area (Å²) in [5.41, 5.74) is 0.167. The van der Waals surface area contributed by atoms with Crippen molar-refractivity contribution < 1.29 is 14.0 Å². The Labute approximate surface area is 129 Å². The summed E-state index contributed by atoms with van der Waals surface area (Å²) in [6.45, 7) is 0.0620. The zero-order valence-electron chi connectivity index (χ0n) is 12.7. The van der Waals surface area contributed by atoms with Crippen LogP contribution in [0.2, 0.25) is 0 Å². The minimum Gasteiger partial charge on any atom is -0.359 e. The van der Waals surface area contributed by atoms with Crippen LogP contribution in [0, 0.1) is 11.7 Å². The topological polar surface area (TPSA) is 70.2 Å². The van der Waals surface area contributed by atoms with E-state index in [2.05, 4.69) is 16.0 Å². The molecule has 0 radical (unpaired) electrons.